The number of carbonyl (C=O) groups is 1. The number of thiazole rings is 1. The molecule has 38 heavy (non-hydrogen) atoms. The summed E-state index contributed by atoms with van der Waals surface area (Å²) in [5.41, 5.74) is 1.51. The molecule has 0 saturated carbocycles. The minimum atomic E-state index is -3.97. The van der Waals surface area contributed by atoms with Gasteiger partial charge in [-0.25, -0.2) is 22.9 Å². The lowest BCUT2D eigenvalue weighted by atomic mass is 10.1. The Labute approximate surface area is 227 Å². The van der Waals surface area contributed by atoms with E-state index in [4.69, 9.17) is 9.47 Å². The second-order valence-electron chi connectivity index (χ2n) is 9.70. The van der Waals surface area contributed by atoms with E-state index in [1.807, 2.05) is 12.1 Å². The van der Waals surface area contributed by atoms with Gasteiger partial charge < -0.3 is 19.9 Å². The van der Waals surface area contributed by atoms with Crippen molar-refractivity contribution in [3.05, 3.63) is 48.7 Å². The summed E-state index contributed by atoms with van der Waals surface area (Å²) >= 11 is 1.33. The molecular weight excluding hydrogens is 528 g/mol. The number of hydrogen-bond acceptors (Lipinski definition) is 9. The molecule has 0 fully saturated rings. The maximum Gasteiger partial charge on any atom is 0.411 e. The number of aliphatic hydroxyl groups is 1. The molecule has 1 amide bonds. The van der Waals surface area contributed by atoms with Gasteiger partial charge in [-0.2, -0.15) is 0 Å². The van der Waals surface area contributed by atoms with Gasteiger partial charge in [0.25, 0.3) is 0 Å². The molecule has 0 bridgehead atoms. The van der Waals surface area contributed by atoms with E-state index < -0.39 is 28.1 Å². The van der Waals surface area contributed by atoms with Gasteiger partial charge in [0.05, 0.1) is 15.9 Å². The number of aliphatic hydroxyl groups excluding tert-OH is 1. The van der Waals surface area contributed by atoms with Crippen molar-refractivity contribution in [2.45, 2.75) is 64.5 Å². The zero-order chi connectivity index (χ0) is 28.1. The SMILES string of the molecule is CCOC(O)Nc1ccc(-c2cnc(-c3ccc(NC(=O)OC(C)C)cc3S(=O)(=O)NC(C)(C)C)s2)cc1. The highest BCUT2D eigenvalue weighted by atomic mass is 32.2. The van der Waals surface area contributed by atoms with Crippen LogP contribution in [0.4, 0.5) is 16.2 Å². The first-order valence-corrected chi connectivity index (χ1v) is 14.4. The van der Waals surface area contributed by atoms with Crippen LogP contribution < -0.4 is 15.4 Å². The molecule has 1 heterocycles. The van der Waals surface area contributed by atoms with Crippen LogP contribution in [0.15, 0.2) is 53.6 Å². The highest BCUT2D eigenvalue weighted by Crippen LogP contribution is 2.37. The zero-order valence-corrected chi connectivity index (χ0v) is 23.9. The molecule has 1 aromatic heterocycles. The summed E-state index contributed by atoms with van der Waals surface area (Å²) < 4.78 is 39.7. The molecule has 3 rings (SSSR count). The fourth-order valence-corrected chi connectivity index (χ4v) is 6.10. The number of sulfonamides is 1. The highest BCUT2D eigenvalue weighted by Gasteiger charge is 2.27. The molecule has 0 radical (unpaired) electrons. The van der Waals surface area contributed by atoms with Crippen LogP contribution in [-0.2, 0) is 19.5 Å². The first-order valence-electron chi connectivity index (χ1n) is 12.1. The second kappa shape index (κ2) is 12.2. The molecule has 0 aliphatic carbocycles. The molecule has 0 aliphatic heterocycles. The lowest BCUT2D eigenvalue weighted by Gasteiger charge is -2.22. The van der Waals surface area contributed by atoms with Crippen LogP contribution in [0.2, 0.25) is 0 Å². The second-order valence-corrected chi connectivity index (χ2v) is 12.4. The van der Waals surface area contributed by atoms with Crippen molar-refractivity contribution < 1.29 is 27.8 Å². The standard InChI is InChI=1S/C26H34N4O6S2/c1-7-35-24(31)28-18-10-8-17(9-11-18)21-15-27-23(37-21)20-13-12-19(29-25(32)36-16(2)3)14-22(20)38(33,34)30-26(4,5)6/h8-16,24,28,30-31H,7H2,1-6H3,(H,29,32). The number of benzene rings is 2. The zero-order valence-electron chi connectivity index (χ0n) is 22.2. The summed E-state index contributed by atoms with van der Waals surface area (Å²) in [4.78, 5) is 17.4. The predicted octanol–water partition coefficient (Wildman–Crippen LogP) is 5.24. The summed E-state index contributed by atoms with van der Waals surface area (Å²) in [6.45, 7) is 10.9. The summed E-state index contributed by atoms with van der Waals surface area (Å²) in [6, 6.07) is 12.0. The van der Waals surface area contributed by atoms with Crippen LogP contribution in [-0.4, -0.2) is 49.3 Å². The third-order valence-corrected chi connectivity index (χ3v) is 7.70. The lowest BCUT2D eigenvalue weighted by molar-refractivity contribution is -0.0730. The van der Waals surface area contributed by atoms with E-state index in [0.717, 1.165) is 10.4 Å². The first kappa shape index (κ1) is 29.5. The van der Waals surface area contributed by atoms with Crippen molar-refractivity contribution in [1.82, 2.24) is 9.71 Å². The molecule has 0 spiro atoms. The molecule has 1 unspecified atom stereocenters. The molecule has 0 saturated heterocycles. The molecule has 3 aromatic rings. The fraction of sp³-hybridized carbons (Fsp3) is 0.385. The number of amides is 1. The van der Waals surface area contributed by atoms with Crippen LogP contribution in [0.1, 0.15) is 41.5 Å². The Morgan fingerprint density at radius 3 is 2.37 bits per heavy atom. The van der Waals surface area contributed by atoms with E-state index in [2.05, 4.69) is 20.3 Å². The molecule has 10 nitrogen and oxygen atoms in total. The van der Waals surface area contributed by atoms with Crippen molar-refractivity contribution >= 4 is 38.8 Å². The molecule has 2 aromatic carbocycles. The summed E-state index contributed by atoms with van der Waals surface area (Å²) in [7, 11) is -3.97. The van der Waals surface area contributed by atoms with Crippen LogP contribution >= 0.6 is 11.3 Å². The van der Waals surface area contributed by atoms with Crippen molar-refractivity contribution in [3.8, 4) is 21.0 Å². The van der Waals surface area contributed by atoms with Crippen LogP contribution in [0.5, 0.6) is 0 Å². The third-order valence-electron chi connectivity index (χ3n) is 4.82. The van der Waals surface area contributed by atoms with Gasteiger partial charge in [0.15, 0.2) is 0 Å². The maximum atomic E-state index is 13.4. The number of hydrogen-bond donors (Lipinski definition) is 4. The molecule has 1 atom stereocenters. The van der Waals surface area contributed by atoms with Gasteiger partial charge in [0.1, 0.15) is 5.01 Å². The van der Waals surface area contributed by atoms with Gasteiger partial charge in [-0.05, 0) is 77.4 Å². The van der Waals surface area contributed by atoms with Gasteiger partial charge >= 0.3 is 6.09 Å². The van der Waals surface area contributed by atoms with Crippen molar-refractivity contribution in [1.29, 1.82) is 0 Å². The van der Waals surface area contributed by atoms with Crippen molar-refractivity contribution in [3.63, 3.8) is 0 Å². The monoisotopic (exact) mass is 562 g/mol. The van der Waals surface area contributed by atoms with Crippen molar-refractivity contribution in [2.24, 2.45) is 0 Å². The van der Waals surface area contributed by atoms with E-state index in [9.17, 15) is 18.3 Å². The number of anilines is 2. The van der Waals surface area contributed by atoms with E-state index in [1.165, 1.54) is 17.4 Å². The molecule has 206 valence electrons. The van der Waals surface area contributed by atoms with E-state index in [1.54, 1.807) is 72.0 Å². The fourth-order valence-electron chi connectivity index (χ4n) is 3.42. The Bertz CT molecular complexity index is 1350. The minimum absolute atomic E-state index is 0.0138. The summed E-state index contributed by atoms with van der Waals surface area (Å²) in [5.74, 6) is 0. The quantitative estimate of drug-likeness (QED) is 0.246. The van der Waals surface area contributed by atoms with Crippen LogP contribution in [0.3, 0.4) is 0 Å². The minimum Gasteiger partial charge on any atom is -0.447 e. The van der Waals surface area contributed by atoms with E-state index in [-0.39, 0.29) is 16.7 Å². The molecule has 0 aliphatic rings. The Morgan fingerprint density at radius 2 is 1.76 bits per heavy atom. The topological polar surface area (TPSA) is 139 Å². The number of ether oxygens (including phenoxy) is 2. The number of nitrogens with zero attached hydrogens (tertiary/aromatic N) is 1. The number of carbonyl (C=O) groups excluding carboxylic acids is 1. The Hall–Kier alpha value is -3.03. The smallest absolute Gasteiger partial charge is 0.411 e. The molecule has 4 N–H and O–H groups in total. The van der Waals surface area contributed by atoms with Gasteiger partial charge in [0.2, 0.25) is 16.4 Å². The third kappa shape index (κ3) is 8.23. The Kier molecular flexibility index (Phi) is 9.49. The number of nitrogens with one attached hydrogen (secondary N) is 3. The average molecular weight is 563 g/mol. The van der Waals surface area contributed by atoms with Gasteiger partial charge in [0, 0.05) is 35.3 Å². The van der Waals surface area contributed by atoms with Crippen molar-refractivity contribution in [2.75, 3.05) is 17.2 Å². The summed E-state index contributed by atoms with van der Waals surface area (Å²) in [5, 5.41) is 15.7. The molecular formula is C26H34N4O6S2. The Balaban J connectivity index is 1.95. The van der Waals surface area contributed by atoms with E-state index >= 15 is 0 Å². The number of aromatic nitrogens is 1. The van der Waals surface area contributed by atoms with Gasteiger partial charge in [-0.15, -0.1) is 11.3 Å². The molecule has 12 heteroatoms. The lowest BCUT2D eigenvalue weighted by Crippen LogP contribution is -2.40. The Morgan fingerprint density at radius 1 is 1.11 bits per heavy atom. The summed E-state index contributed by atoms with van der Waals surface area (Å²) in [6.07, 6.45) is -0.429. The van der Waals surface area contributed by atoms with Crippen LogP contribution in [0, 0.1) is 0 Å². The predicted molar refractivity (Wildman–Crippen MR) is 150 cm³/mol. The highest BCUT2D eigenvalue weighted by molar-refractivity contribution is 7.89. The normalized spacial score (nSPS) is 12.8. The van der Waals surface area contributed by atoms with Gasteiger partial charge in [-0.3, -0.25) is 5.32 Å². The number of rotatable bonds is 10. The first-order chi connectivity index (χ1) is 17.8. The average Bonchev–Trinajstić information content (AvgIpc) is 3.27. The van der Waals surface area contributed by atoms with Crippen LogP contribution in [0.25, 0.3) is 21.0 Å². The van der Waals surface area contributed by atoms with Gasteiger partial charge in [-0.1, -0.05) is 12.1 Å². The maximum absolute atomic E-state index is 13.4. The largest absolute Gasteiger partial charge is 0.447 e. The van der Waals surface area contributed by atoms with E-state index in [0.29, 0.717) is 22.9 Å².